The van der Waals surface area contributed by atoms with Crippen molar-refractivity contribution in [2.45, 2.75) is 0 Å². The van der Waals surface area contributed by atoms with E-state index >= 15 is 0 Å². The Balaban J connectivity index is 2.40. The monoisotopic (exact) mass is 217 g/mol. The van der Waals surface area contributed by atoms with Gasteiger partial charge in [-0.2, -0.15) is 4.68 Å². The Morgan fingerprint density at radius 2 is 2.00 bits per heavy atom. The minimum Gasteiger partial charge on any atom is -0.478 e. The van der Waals surface area contributed by atoms with Crippen LogP contribution in [0.5, 0.6) is 0 Å². The third kappa shape index (κ3) is 1.81. The second-order valence-electron chi connectivity index (χ2n) is 3.00. The maximum atomic E-state index is 11.5. The normalized spacial score (nSPS) is 11.0. The standard InChI is InChI=1S/C10H7N3O3/c14-9(5-6-10(15)16)13-8-4-2-1-3-7(8)11-12-13/h1-6H,(H,15,16)/b6-5+. The summed E-state index contributed by atoms with van der Waals surface area (Å²) in [6.07, 6.45) is 1.70. The van der Waals surface area contributed by atoms with E-state index in [0.717, 1.165) is 16.8 Å². The Bertz CT molecular complexity index is 586. The fourth-order valence-corrected chi connectivity index (χ4v) is 1.24. The van der Waals surface area contributed by atoms with Gasteiger partial charge in [0.2, 0.25) is 0 Å². The molecular weight excluding hydrogens is 210 g/mol. The number of para-hydroxylation sites is 1. The summed E-state index contributed by atoms with van der Waals surface area (Å²) in [7, 11) is 0. The average molecular weight is 217 g/mol. The lowest BCUT2D eigenvalue weighted by Gasteiger charge is -1.94. The number of nitrogens with zero attached hydrogens (tertiary/aromatic N) is 3. The Morgan fingerprint density at radius 3 is 2.75 bits per heavy atom. The molecule has 16 heavy (non-hydrogen) atoms. The predicted octanol–water partition coefficient (Wildman–Crippen LogP) is 0.712. The van der Waals surface area contributed by atoms with Crippen LogP contribution in [0.1, 0.15) is 4.79 Å². The van der Waals surface area contributed by atoms with E-state index in [-0.39, 0.29) is 0 Å². The van der Waals surface area contributed by atoms with Gasteiger partial charge in [0.05, 0.1) is 5.52 Å². The molecule has 0 radical (unpaired) electrons. The summed E-state index contributed by atoms with van der Waals surface area (Å²) in [6.45, 7) is 0. The molecule has 0 bridgehead atoms. The quantitative estimate of drug-likeness (QED) is 0.749. The molecule has 2 rings (SSSR count). The fourth-order valence-electron chi connectivity index (χ4n) is 1.24. The first kappa shape index (κ1) is 10.0. The highest BCUT2D eigenvalue weighted by molar-refractivity contribution is 5.98. The third-order valence-electron chi connectivity index (χ3n) is 1.93. The van der Waals surface area contributed by atoms with Crippen LogP contribution in [0.15, 0.2) is 36.4 Å². The van der Waals surface area contributed by atoms with Gasteiger partial charge in [-0.3, -0.25) is 4.79 Å². The molecule has 6 heteroatoms. The molecule has 1 heterocycles. The molecule has 6 nitrogen and oxygen atoms in total. The molecule has 0 fully saturated rings. The number of aliphatic carboxylic acids is 1. The lowest BCUT2D eigenvalue weighted by molar-refractivity contribution is -0.131. The fraction of sp³-hybridized carbons (Fsp3) is 0. The number of benzene rings is 1. The highest BCUT2D eigenvalue weighted by Crippen LogP contribution is 2.09. The zero-order valence-corrected chi connectivity index (χ0v) is 8.07. The lowest BCUT2D eigenvalue weighted by atomic mass is 10.3. The first-order chi connectivity index (χ1) is 7.68. The molecule has 80 valence electrons. The highest BCUT2D eigenvalue weighted by atomic mass is 16.4. The van der Waals surface area contributed by atoms with E-state index in [1.807, 2.05) is 0 Å². The molecule has 1 aromatic heterocycles. The molecule has 0 spiro atoms. The largest absolute Gasteiger partial charge is 0.478 e. The molecule has 0 saturated carbocycles. The van der Waals surface area contributed by atoms with Crippen LogP contribution < -0.4 is 0 Å². The van der Waals surface area contributed by atoms with Gasteiger partial charge in [-0.1, -0.05) is 17.3 Å². The number of allylic oxidation sites excluding steroid dienone is 1. The van der Waals surface area contributed by atoms with E-state index in [4.69, 9.17) is 5.11 Å². The summed E-state index contributed by atoms with van der Waals surface area (Å²) in [5, 5.41) is 15.8. The van der Waals surface area contributed by atoms with Crippen molar-refractivity contribution >= 4 is 22.9 Å². The van der Waals surface area contributed by atoms with Gasteiger partial charge in [-0.15, -0.1) is 5.10 Å². The SMILES string of the molecule is O=C(O)/C=C/C(=O)n1nnc2ccccc21. The maximum absolute atomic E-state index is 11.5. The van der Waals surface area contributed by atoms with Crippen molar-refractivity contribution in [1.82, 2.24) is 15.0 Å². The Hall–Kier alpha value is -2.50. The Labute approximate surface area is 89.8 Å². The molecule has 0 saturated heterocycles. The van der Waals surface area contributed by atoms with Crippen LogP contribution in [-0.4, -0.2) is 32.0 Å². The Morgan fingerprint density at radius 1 is 1.25 bits per heavy atom. The van der Waals surface area contributed by atoms with Gasteiger partial charge in [0, 0.05) is 12.2 Å². The first-order valence-corrected chi connectivity index (χ1v) is 4.44. The second-order valence-corrected chi connectivity index (χ2v) is 3.00. The van der Waals surface area contributed by atoms with Crippen molar-refractivity contribution in [3.05, 3.63) is 36.4 Å². The second kappa shape index (κ2) is 3.93. The van der Waals surface area contributed by atoms with Gasteiger partial charge >= 0.3 is 5.97 Å². The number of aromatic nitrogens is 3. The van der Waals surface area contributed by atoms with Crippen molar-refractivity contribution in [2.24, 2.45) is 0 Å². The van der Waals surface area contributed by atoms with Crippen LogP contribution in [0, 0.1) is 0 Å². The van der Waals surface area contributed by atoms with Gasteiger partial charge in [-0.05, 0) is 12.1 Å². The van der Waals surface area contributed by atoms with Crippen molar-refractivity contribution in [3.63, 3.8) is 0 Å². The van der Waals surface area contributed by atoms with Crippen LogP contribution in [0.2, 0.25) is 0 Å². The zero-order chi connectivity index (χ0) is 11.5. The molecule has 0 unspecified atom stereocenters. The van der Waals surface area contributed by atoms with Gasteiger partial charge in [-0.25, -0.2) is 4.79 Å². The summed E-state index contributed by atoms with van der Waals surface area (Å²) < 4.78 is 1.05. The molecule has 0 aliphatic heterocycles. The van der Waals surface area contributed by atoms with Crippen LogP contribution in [0.3, 0.4) is 0 Å². The van der Waals surface area contributed by atoms with Gasteiger partial charge in [0.15, 0.2) is 0 Å². The van der Waals surface area contributed by atoms with Crippen molar-refractivity contribution in [1.29, 1.82) is 0 Å². The summed E-state index contributed by atoms with van der Waals surface area (Å²) in [5.41, 5.74) is 1.13. The molecule has 2 aromatic rings. The smallest absolute Gasteiger partial charge is 0.328 e. The summed E-state index contributed by atoms with van der Waals surface area (Å²) >= 11 is 0. The molecule has 1 aromatic carbocycles. The van der Waals surface area contributed by atoms with Crippen LogP contribution in [0.4, 0.5) is 0 Å². The molecule has 0 aliphatic rings. The number of carbonyl (C=O) groups excluding carboxylic acids is 1. The number of rotatable bonds is 2. The third-order valence-corrected chi connectivity index (χ3v) is 1.93. The van der Waals surface area contributed by atoms with E-state index in [1.54, 1.807) is 24.3 Å². The molecular formula is C10H7N3O3. The number of fused-ring (bicyclic) bond motifs is 1. The first-order valence-electron chi connectivity index (χ1n) is 4.44. The highest BCUT2D eigenvalue weighted by Gasteiger charge is 2.08. The van der Waals surface area contributed by atoms with Crippen molar-refractivity contribution in [3.8, 4) is 0 Å². The topological polar surface area (TPSA) is 85.1 Å². The number of carboxylic acid groups (broad SMARTS) is 1. The predicted molar refractivity (Wildman–Crippen MR) is 54.9 cm³/mol. The number of carbonyl (C=O) groups is 2. The average Bonchev–Trinajstić information content (AvgIpc) is 2.69. The summed E-state index contributed by atoms with van der Waals surface area (Å²) in [6, 6.07) is 6.92. The van der Waals surface area contributed by atoms with Crippen LogP contribution >= 0.6 is 0 Å². The number of hydrogen-bond acceptors (Lipinski definition) is 4. The van der Waals surface area contributed by atoms with E-state index in [2.05, 4.69) is 10.3 Å². The van der Waals surface area contributed by atoms with Gasteiger partial charge < -0.3 is 5.11 Å². The van der Waals surface area contributed by atoms with E-state index in [9.17, 15) is 9.59 Å². The number of carboxylic acids is 1. The van der Waals surface area contributed by atoms with E-state index in [0.29, 0.717) is 11.0 Å². The maximum Gasteiger partial charge on any atom is 0.328 e. The van der Waals surface area contributed by atoms with Crippen molar-refractivity contribution < 1.29 is 14.7 Å². The zero-order valence-electron chi connectivity index (χ0n) is 8.07. The van der Waals surface area contributed by atoms with Gasteiger partial charge in [0.1, 0.15) is 5.52 Å². The summed E-state index contributed by atoms with van der Waals surface area (Å²) in [5.74, 6) is -1.73. The van der Waals surface area contributed by atoms with Crippen LogP contribution in [-0.2, 0) is 4.79 Å². The van der Waals surface area contributed by atoms with Crippen molar-refractivity contribution in [2.75, 3.05) is 0 Å². The lowest BCUT2D eigenvalue weighted by Crippen LogP contribution is -2.09. The number of hydrogen-bond donors (Lipinski definition) is 1. The molecule has 0 atom stereocenters. The van der Waals surface area contributed by atoms with E-state index in [1.165, 1.54) is 0 Å². The Kier molecular flexibility index (Phi) is 2.47. The minimum atomic E-state index is -1.18. The molecule has 1 N–H and O–H groups in total. The van der Waals surface area contributed by atoms with Crippen LogP contribution in [0.25, 0.3) is 11.0 Å². The van der Waals surface area contributed by atoms with E-state index < -0.39 is 11.9 Å². The van der Waals surface area contributed by atoms with Gasteiger partial charge in [0.25, 0.3) is 5.91 Å². The summed E-state index contributed by atoms with van der Waals surface area (Å²) in [4.78, 5) is 21.8. The minimum absolute atomic E-state index is 0.544. The molecule has 0 amide bonds. The molecule has 0 aliphatic carbocycles.